The molecular weight excluding hydrogens is 512 g/mol. The highest BCUT2D eigenvalue weighted by Gasteiger charge is 2.24. The third-order valence-corrected chi connectivity index (χ3v) is 7.21. The van der Waals surface area contributed by atoms with Crippen molar-refractivity contribution in [2.24, 2.45) is 4.99 Å². The first-order valence-corrected chi connectivity index (χ1v) is 14.4. The van der Waals surface area contributed by atoms with E-state index in [0.29, 0.717) is 30.7 Å². The molecule has 9 heteroatoms. The molecule has 0 saturated carbocycles. The normalized spacial score (nSPS) is 17.7. The van der Waals surface area contributed by atoms with Crippen molar-refractivity contribution in [1.82, 2.24) is 25.1 Å². The van der Waals surface area contributed by atoms with Gasteiger partial charge in [-0.2, -0.15) is 0 Å². The van der Waals surface area contributed by atoms with E-state index in [9.17, 15) is 0 Å². The SMILES string of the molecule is CC(=N)/N=C(\NC(C)C)c1cn2c(n1)-c1ccc(/C(=C/C=N)NC3CCCN(Cc4ccccc4)C3)cc1OCC2. The van der Waals surface area contributed by atoms with Gasteiger partial charge in [0.15, 0.2) is 5.84 Å². The molecule has 41 heavy (non-hydrogen) atoms. The van der Waals surface area contributed by atoms with Crippen LogP contribution < -0.4 is 15.4 Å². The summed E-state index contributed by atoms with van der Waals surface area (Å²) in [6.07, 6.45) is 7.37. The Morgan fingerprint density at radius 2 is 2.02 bits per heavy atom. The van der Waals surface area contributed by atoms with Gasteiger partial charge in [0.05, 0.1) is 12.1 Å². The van der Waals surface area contributed by atoms with Gasteiger partial charge >= 0.3 is 0 Å². The van der Waals surface area contributed by atoms with E-state index < -0.39 is 0 Å². The molecule has 1 atom stereocenters. The lowest BCUT2D eigenvalue weighted by Gasteiger charge is -2.34. The number of hydrogen-bond donors (Lipinski definition) is 4. The molecule has 0 radical (unpaired) electrons. The van der Waals surface area contributed by atoms with Crippen LogP contribution in [0.2, 0.25) is 0 Å². The monoisotopic (exact) mass is 552 g/mol. The minimum atomic E-state index is 0.161. The fourth-order valence-electron chi connectivity index (χ4n) is 5.46. The summed E-state index contributed by atoms with van der Waals surface area (Å²) < 4.78 is 8.29. The summed E-state index contributed by atoms with van der Waals surface area (Å²) in [6.45, 7) is 9.92. The second-order valence-corrected chi connectivity index (χ2v) is 11.0. The van der Waals surface area contributed by atoms with Crippen molar-refractivity contribution in [3.8, 4) is 17.1 Å². The Hall–Kier alpha value is -4.24. The molecule has 2 aromatic carbocycles. The summed E-state index contributed by atoms with van der Waals surface area (Å²) in [6, 6.07) is 17.3. The van der Waals surface area contributed by atoms with Crippen LogP contribution in [0.25, 0.3) is 17.1 Å². The second-order valence-electron chi connectivity index (χ2n) is 11.0. The standard InChI is InChI=1S/C32H40N8O/c1-22(2)35-31(36-23(3)34)29-21-40-16-17-41-30-18-25(11-12-27(30)32(40)38-29)28(13-14-33)37-26-10-7-15-39(20-26)19-24-8-5-4-6-9-24/h4-6,8-9,11-14,18,21-22,26,33,37H,7,10,15-17,19-20H2,1-3H3,(H2,34,35,36)/b28-13-,33-14?. The third-order valence-electron chi connectivity index (χ3n) is 7.21. The van der Waals surface area contributed by atoms with Crippen molar-refractivity contribution in [2.75, 3.05) is 19.7 Å². The number of fused-ring (bicyclic) bond motifs is 3. The zero-order valence-electron chi connectivity index (χ0n) is 24.2. The zero-order chi connectivity index (χ0) is 28.8. The zero-order valence-corrected chi connectivity index (χ0v) is 24.2. The highest BCUT2D eigenvalue weighted by Crippen LogP contribution is 2.34. The Bertz CT molecular complexity index is 1440. The number of imidazole rings is 1. The van der Waals surface area contributed by atoms with Crippen LogP contribution in [0, 0.1) is 10.8 Å². The van der Waals surface area contributed by atoms with Crippen molar-refractivity contribution in [2.45, 2.75) is 58.8 Å². The molecule has 3 aromatic rings. The second kappa shape index (κ2) is 13.0. The number of nitrogens with one attached hydrogen (secondary N) is 4. The molecule has 0 bridgehead atoms. The third kappa shape index (κ3) is 7.10. The van der Waals surface area contributed by atoms with E-state index in [4.69, 9.17) is 20.5 Å². The van der Waals surface area contributed by atoms with Crippen LogP contribution >= 0.6 is 0 Å². The van der Waals surface area contributed by atoms with Crippen LogP contribution in [-0.2, 0) is 13.1 Å². The summed E-state index contributed by atoms with van der Waals surface area (Å²) in [7, 11) is 0. The molecular formula is C32H40N8O. The predicted molar refractivity (Wildman–Crippen MR) is 166 cm³/mol. The van der Waals surface area contributed by atoms with Gasteiger partial charge in [-0.05, 0) is 63.9 Å². The van der Waals surface area contributed by atoms with Crippen molar-refractivity contribution in [1.29, 1.82) is 10.8 Å². The van der Waals surface area contributed by atoms with Crippen molar-refractivity contribution in [3.63, 3.8) is 0 Å². The smallest absolute Gasteiger partial charge is 0.155 e. The van der Waals surface area contributed by atoms with Crippen LogP contribution in [-0.4, -0.2) is 64.1 Å². The van der Waals surface area contributed by atoms with Crippen LogP contribution in [0.5, 0.6) is 5.75 Å². The fourth-order valence-corrected chi connectivity index (χ4v) is 5.46. The molecule has 4 N–H and O–H groups in total. The molecule has 214 valence electrons. The fraction of sp³-hybridized carbons (Fsp3) is 0.375. The lowest BCUT2D eigenvalue weighted by Crippen LogP contribution is -2.44. The van der Waals surface area contributed by atoms with E-state index in [2.05, 4.69) is 73.6 Å². The van der Waals surface area contributed by atoms with Gasteiger partial charge in [0.2, 0.25) is 0 Å². The number of aliphatic imine (C=N–C) groups is 1. The van der Waals surface area contributed by atoms with Crippen LogP contribution in [0.15, 0.2) is 65.8 Å². The number of aromatic nitrogens is 2. The van der Waals surface area contributed by atoms with Crippen molar-refractivity contribution >= 4 is 23.6 Å². The summed E-state index contributed by atoms with van der Waals surface area (Å²) in [4.78, 5) is 11.8. The average molecular weight is 553 g/mol. The lowest BCUT2D eigenvalue weighted by atomic mass is 10.0. The van der Waals surface area contributed by atoms with Gasteiger partial charge in [0, 0.05) is 48.8 Å². The van der Waals surface area contributed by atoms with Gasteiger partial charge in [-0.3, -0.25) is 10.3 Å². The molecule has 1 aromatic heterocycles. The number of piperidine rings is 1. The maximum atomic E-state index is 7.87. The Morgan fingerprint density at radius 1 is 1.20 bits per heavy atom. The topological polar surface area (TPSA) is 114 Å². The Labute approximate surface area is 242 Å². The molecule has 2 aliphatic heterocycles. The Kier molecular flexibility index (Phi) is 8.94. The molecule has 9 nitrogen and oxygen atoms in total. The van der Waals surface area contributed by atoms with Gasteiger partial charge in [0.1, 0.15) is 29.7 Å². The first-order valence-electron chi connectivity index (χ1n) is 14.4. The minimum Gasteiger partial charge on any atom is -0.491 e. The minimum absolute atomic E-state index is 0.161. The van der Waals surface area contributed by atoms with Crippen LogP contribution in [0.1, 0.15) is 50.4 Å². The molecule has 0 aliphatic carbocycles. The highest BCUT2D eigenvalue weighted by atomic mass is 16.5. The van der Waals surface area contributed by atoms with Crippen LogP contribution in [0.3, 0.4) is 0 Å². The molecule has 0 spiro atoms. The summed E-state index contributed by atoms with van der Waals surface area (Å²) >= 11 is 0. The van der Waals surface area contributed by atoms with E-state index >= 15 is 0 Å². The number of benzene rings is 2. The van der Waals surface area contributed by atoms with Crippen molar-refractivity contribution < 1.29 is 4.74 Å². The van der Waals surface area contributed by atoms with Gasteiger partial charge < -0.3 is 25.3 Å². The van der Waals surface area contributed by atoms with E-state index in [0.717, 1.165) is 60.9 Å². The van der Waals surface area contributed by atoms with E-state index in [1.807, 2.05) is 26.1 Å². The largest absolute Gasteiger partial charge is 0.491 e. The van der Waals surface area contributed by atoms with E-state index in [1.165, 1.54) is 11.8 Å². The first kappa shape index (κ1) is 28.3. The van der Waals surface area contributed by atoms with Crippen molar-refractivity contribution in [3.05, 3.63) is 77.6 Å². The van der Waals surface area contributed by atoms with Gasteiger partial charge in [0.25, 0.3) is 0 Å². The average Bonchev–Trinajstić information content (AvgIpc) is 3.29. The maximum Gasteiger partial charge on any atom is 0.155 e. The number of amidine groups is 2. The lowest BCUT2D eigenvalue weighted by molar-refractivity contribution is 0.192. The number of hydrogen-bond acceptors (Lipinski definition) is 6. The van der Waals surface area contributed by atoms with E-state index in [-0.39, 0.29) is 11.9 Å². The molecule has 1 unspecified atom stereocenters. The molecule has 5 rings (SSSR count). The number of rotatable bonds is 8. The molecule has 1 fully saturated rings. The van der Waals surface area contributed by atoms with Gasteiger partial charge in [-0.15, -0.1) is 0 Å². The van der Waals surface area contributed by atoms with E-state index in [1.54, 1.807) is 6.92 Å². The number of ether oxygens (including phenoxy) is 1. The quantitative estimate of drug-likeness (QED) is 0.234. The maximum absolute atomic E-state index is 7.87. The summed E-state index contributed by atoms with van der Waals surface area (Å²) in [5.74, 6) is 2.41. The Balaban J connectivity index is 1.37. The molecule has 3 heterocycles. The predicted octanol–water partition coefficient (Wildman–Crippen LogP) is 4.93. The Morgan fingerprint density at radius 3 is 2.78 bits per heavy atom. The molecule has 2 aliphatic rings. The molecule has 1 saturated heterocycles. The number of likely N-dealkylation sites (tertiary alicyclic amines) is 1. The molecule has 0 amide bonds. The van der Waals surface area contributed by atoms with Gasteiger partial charge in [-0.1, -0.05) is 36.4 Å². The first-order chi connectivity index (χ1) is 19.9. The van der Waals surface area contributed by atoms with Gasteiger partial charge in [-0.25, -0.2) is 9.98 Å². The summed E-state index contributed by atoms with van der Waals surface area (Å²) in [5.41, 5.74) is 4.85. The number of allylic oxidation sites excluding steroid dienone is 1. The highest BCUT2D eigenvalue weighted by molar-refractivity contribution is 6.04. The van der Waals surface area contributed by atoms with Crippen LogP contribution in [0.4, 0.5) is 0 Å². The summed E-state index contributed by atoms with van der Waals surface area (Å²) in [5, 5.41) is 22.8. The number of nitrogens with zero attached hydrogens (tertiary/aromatic N) is 4.